The molecular weight excluding hydrogens is 334 g/mol. The Morgan fingerprint density at radius 2 is 2.14 bits per heavy atom. The molecule has 22 heavy (non-hydrogen) atoms. The lowest BCUT2D eigenvalue weighted by atomic mass is 10.2. The fourth-order valence-corrected chi connectivity index (χ4v) is 3.90. The summed E-state index contributed by atoms with van der Waals surface area (Å²) < 4.78 is 27.3. The lowest BCUT2D eigenvalue weighted by molar-refractivity contribution is -0.124. The van der Waals surface area contributed by atoms with Gasteiger partial charge in [-0.15, -0.1) is 0 Å². The minimum Gasteiger partial charge on any atom is -0.507 e. The van der Waals surface area contributed by atoms with Crippen molar-refractivity contribution in [3.8, 4) is 5.75 Å². The Balaban J connectivity index is 1.86. The number of esters is 1. The van der Waals surface area contributed by atoms with Crippen molar-refractivity contribution in [3.05, 3.63) is 28.8 Å². The first-order chi connectivity index (χ1) is 10.3. The van der Waals surface area contributed by atoms with Crippen molar-refractivity contribution in [3.63, 3.8) is 0 Å². The molecule has 1 aliphatic rings. The van der Waals surface area contributed by atoms with Gasteiger partial charge in [0.1, 0.15) is 11.3 Å². The van der Waals surface area contributed by atoms with Crippen LogP contribution in [0.1, 0.15) is 16.8 Å². The molecule has 9 heteroatoms. The molecule has 1 fully saturated rings. The molecule has 120 valence electrons. The quantitative estimate of drug-likeness (QED) is 0.768. The fraction of sp³-hybridized carbons (Fsp3) is 0.385. The third kappa shape index (κ3) is 4.35. The number of benzene rings is 1. The standard InChI is InChI=1S/C13H14ClNO6S/c14-8-1-2-11(16)10(5-8)13(18)21-6-12(17)15-9-3-4-22(19,20)7-9/h1-2,5,9,16H,3-4,6-7H2,(H,15,17). The SMILES string of the molecule is O=C(COC(=O)c1cc(Cl)ccc1O)NC1CCS(=O)(=O)C1. The predicted molar refractivity (Wildman–Crippen MR) is 78.6 cm³/mol. The number of nitrogens with one attached hydrogen (secondary N) is 1. The maximum Gasteiger partial charge on any atom is 0.342 e. The summed E-state index contributed by atoms with van der Waals surface area (Å²) >= 11 is 5.71. The van der Waals surface area contributed by atoms with Gasteiger partial charge >= 0.3 is 5.97 Å². The average molecular weight is 348 g/mol. The van der Waals surface area contributed by atoms with Crippen molar-refractivity contribution in [2.45, 2.75) is 12.5 Å². The highest BCUT2D eigenvalue weighted by Gasteiger charge is 2.29. The topological polar surface area (TPSA) is 110 Å². The minimum atomic E-state index is -3.10. The number of carbonyl (C=O) groups excluding carboxylic acids is 2. The second kappa shape index (κ2) is 6.53. The van der Waals surface area contributed by atoms with E-state index in [1.165, 1.54) is 18.2 Å². The first-order valence-corrected chi connectivity index (χ1v) is 8.62. The van der Waals surface area contributed by atoms with Crippen molar-refractivity contribution in [2.24, 2.45) is 0 Å². The first kappa shape index (κ1) is 16.6. The Bertz CT molecular complexity index is 702. The van der Waals surface area contributed by atoms with Crippen molar-refractivity contribution in [1.82, 2.24) is 5.32 Å². The summed E-state index contributed by atoms with van der Waals surface area (Å²) in [6.07, 6.45) is 0.344. The largest absolute Gasteiger partial charge is 0.507 e. The molecule has 7 nitrogen and oxygen atoms in total. The van der Waals surface area contributed by atoms with Crippen LogP contribution in [-0.2, 0) is 19.4 Å². The van der Waals surface area contributed by atoms with Crippen molar-refractivity contribution in [2.75, 3.05) is 18.1 Å². The van der Waals surface area contributed by atoms with Gasteiger partial charge in [-0.3, -0.25) is 4.79 Å². The van der Waals surface area contributed by atoms with Crippen molar-refractivity contribution in [1.29, 1.82) is 0 Å². The van der Waals surface area contributed by atoms with E-state index in [0.29, 0.717) is 6.42 Å². The second-order valence-corrected chi connectivity index (χ2v) is 7.57. The number of ether oxygens (including phenoxy) is 1. The van der Waals surface area contributed by atoms with Crippen LogP contribution in [0.15, 0.2) is 18.2 Å². The second-order valence-electron chi connectivity index (χ2n) is 4.91. The van der Waals surface area contributed by atoms with Gasteiger partial charge in [-0.25, -0.2) is 13.2 Å². The molecule has 2 rings (SSSR count). The third-order valence-corrected chi connectivity index (χ3v) is 5.11. The minimum absolute atomic E-state index is 0.0358. The smallest absolute Gasteiger partial charge is 0.342 e. The van der Waals surface area contributed by atoms with Crippen molar-refractivity contribution < 1.29 is 27.9 Å². The summed E-state index contributed by atoms with van der Waals surface area (Å²) in [7, 11) is -3.10. The van der Waals surface area contributed by atoms with Gasteiger partial charge in [0, 0.05) is 11.1 Å². The molecule has 1 unspecified atom stereocenters. The maximum atomic E-state index is 11.7. The highest BCUT2D eigenvalue weighted by atomic mass is 35.5. The molecule has 1 amide bonds. The molecule has 1 atom stereocenters. The maximum absolute atomic E-state index is 11.7. The lowest BCUT2D eigenvalue weighted by Gasteiger charge is -2.11. The number of amides is 1. The van der Waals surface area contributed by atoms with Crippen molar-refractivity contribution >= 4 is 33.3 Å². The van der Waals surface area contributed by atoms with E-state index >= 15 is 0 Å². The van der Waals surface area contributed by atoms with Crippen LogP contribution >= 0.6 is 11.6 Å². The monoisotopic (exact) mass is 347 g/mol. The molecule has 1 saturated heterocycles. The number of phenols is 1. The van der Waals surface area contributed by atoms with Crippen LogP contribution in [-0.4, -0.2) is 49.6 Å². The van der Waals surface area contributed by atoms with Gasteiger partial charge in [-0.05, 0) is 24.6 Å². The van der Waals surface area contributed by atoms with Crippen LogP contribution in [0.5, 0.6) is 5.75 Å². The molecule has 1 aromatic rings. The van der Waals surface area contributed by atoms with Gasteiger partial charge in [-0.1, -0.05) is 11.6 Å². The molecule has 0 spiro atoms. The fourth-order valence-electron chi connectivity index (χ4n) is 2.06. The number of aromatic hydroxyl groups is 1. The lowest BCUT2D eigenvalue weighted by Crippen LogP contribution is -2.38. The van der Waals surface area contributed by atoms with Crippen LogP contribution in [0.3, 0.4) is 0 Å². The van der Waals surface area contributed by atoms with Gasteiger partial charge < -0.3 is 15.2 Å². The van der Waals surface area contributed by atoms with Gasteiger partial charge in [0.05, 0.1) is 11.5 Å². The van der Waals surface area contributed by atoms with Crippen LogP contribution in [0.25, 0.3) is 0 Å². The van der Waals surface area contributed by atoms with Gasteiger partial charge in [0.15, 0.2) is 16.4 Å². The number of hydrogen-bond donors (Lipinski definition) is 2. The van der Waals surface area contributed by atoms with Crippen LogP contribution in [0, 0.1) is 0 Å². The van der Waals surface area contributed by atoms with E-state index in [1.54, 1.807) is 0 Å². The van der Waals surface area contributed by atoms with Crippen LogP contribution in [0.2, 0.25) is 5.02 Å². The summed E-state index contributed by atoms with van der Waals surface area (Å²) in [4.78, 5) is 23.4. The van der Waals surface area contributed by atoms with Crippen LogP contribution < -0.4 is 5.32 Å². The summed E-state index contributed by atoms with van der Waals surface area (Å²) in [5, 5.41) is 12.3. The highest BCUT2D eigenvalue weighted by Crippen LogP contribution is 2.22. The average Bonchev–Trinajstić information content (AvgIpc) is 2.78. The Hall–Kier alpha value is -1.80. The first-order valence-electron chi connectivity index (χ1n) is 6.42. The van der Waals surface area contributed by atoms with E-state index < -0.39 is 34.4 Å². The Labute approximate surface area is 132 Å². The Kier molecular flexibility index (Phi) is 4.92. The number of sulfone groups is 1. The van der Waals surface area contributed by atoms with E-state index in [-0.39, 0.29) is 27.8 Å². The Morgan fingerprint density at radius 3 is 2.77 bits per heavy atom. The Morgan fingerprint density at radius 1 is 1.41 bits per heavy atom. The summed E-state index contributed by atoms with van der Waals surface area (Å²) in [6, 6.07) is 3.40. The zero-order valence-corrected chi connectivity index (χ0v) is 13.0. The predicted octanol–water partition coefficient (Wildman–Crippen LogP) is 0.506. The molecule has 1 heterocycles. The molecule has 0 aromatic heterocycles. The summed E-state index contributed by atoms with van der Waals surface area (Å²) in [6.45, 7) is -0.568. The number of carbonyl (C=O) groups is 2. The number of halogens is 1. The van der Waals surface area contributed by atoms with Gasteiger partial charge in [-0.2, -0.15) is 0 Å². The molecule has 0 bridgehead atoms. The number of rotatable bonds is 4. The van der Waals surface area contributed by atoms with Gasteiger partial charge in [0.25, 0.3) is 5.91 Å². The molecular formula is C13H14ClNO6S. The number of phenolic OH excluding ortho intramolecular Hbond substituents is 1. The van der Waals surface area contributed by atoms with Crippen LogP contribution in [0.4, 0.5) is 0 Å². The molecule has 2 N–H and O–H groups in total. The molecule has 0 saturated carbocycles. The van der Waals surface area contributed by atoms with E-state index in [2.05, 4.69) is 5.32 Å². The third-order valence-electron chi connectivity index (χ3n) is 3.11. The zero-order valence-electron chi connectivity index (χ0n) is 11.4. The molecule has 0 radical (unpaired) electrons. The molecule has 1 aromatic carbocycles. The highest BCUT2D eigenvalue weighted by molar-refractivity contribution is 7.91. The number of hydrogen-bond acceptors (Lipinski definition) is 6. The van der Waals surface area contributed by atoms with E-state index in [0.717, 1.165) is 0 Å². The normalized spacial score (nSPS) is 19.6. The molecule has 1 aliphatic heterocycles. The molecule has 0 aliphatic carbocycles. The van der Waals surface area contributed by atoms with E-state index in [9.17, 15) is 23.1 Å². The van der Waals surface area contributed by atoms with Gasteiger partial charge in [0.2, 0.25) is 0 Å². The summed E-state index contributed by atoms with van der Waals surface area (Å²) in [5.41, 5.74) is -0.149. The van der Waals surface area contributed by atoms with E-state index in [4.69, 9.17) is 16.3 Å². The zero-order chi connectivity index (χ0) is 16.3. The summed E-state index contributed by atoms with van der Waals surface area (Å²) in [5.74, 6) is -1.88. The van der Waals surface area contributed by atoms with E-state index in [1.807, 2.05) is 0 Å².